The van der Waals surface area contributed by atoms with Crippen molar-refractivity contribution in [3.63, 3.8) is 0 Å². The van der Waals surface area contributed by atoms with Gasteiger partial charge in [-0.3, -0.25) is 4.79 Å². The summed E-state index contributed by atoms with van der Waals surface area (Å²) in [6.45, 7) is 3.48. The van der Waals surface area contributed by atoms with Crippen LogP contribution in [0.1, 0.15) is 57.6 Å². The number of nitrogens with zero attached hydrogens (tertiary/aromatic N) is 1. The van der Waals surface area contributed by atoms with Crippen molar-refractivity contribution in [3.05, 3.63) is 24.2 Å². The Kier molecular flexibility index (Phi) is 12.8. The van der Waals surface area contributed by atoms with Crippen LogP contribution in [0, 0.1) is 0 Å². The van der Waals surface area contributed by atoms with Crippen molar-refractivity contribution in [3.8, 4) is 0 Å². The van der Waals surface area contributed by atoms with Gasteiger partial charge >= 0.3 is 5.97 Å². The first-order valence-corrected chi connectivity index (χ1v) is 12.1. The third-order valence-electron chi connectivity index (χ3n) is 4.39. The van der Waals surface area contributed by atoms with Gasteiger partial charge in [-0.2, -0.15) is 0 Å². The minimum Gasteiger partial charge on any atom is -0.467 e. The average molecular weight is 434 g/mol. The molecule has 1 unspecified atom stereocenters. The molecule has 0 amide bonds. The zero-order valence-corrected chi connectivity index (χ0v) is 18.4. The number of unbranched alkanes of at least 4 members (excludes halogenated alkanes) is 3. The van der Waals surface area contributed by atoms with Gasteiger partial charge in [-0.15, -0.1) is 0 Å². The number of ether oxygens (including phenoxy) is 2. The highest BCUT2D eigenvalue weighted by Gasteiger charge is 2.16. The molecule has 0 radical (unpaired) electrons. The summed E-state index contributed by atoms with van der Waals surface area (Å²) in [4.78, 5) is 11.3. The van der Waals surface area contributed by atoms with Gasteiger partial charge in [-0.25, -0.2) is 12.7 Å². The van der Waals surface area contributed by atoms with Crippen molar-refractivity contribution < 1.29 is 32.2 Å². The first-order valence-electron chi connectivity index (χ1n) is 10.2. The van der Waals surface area contributed by atoms with Gasteiger partial charge in [-0.05, 0) is 44.7 Å². The van der Waals surface area contributed by atoms with Crippen molar-refractivity contribution in [1.82, 2.24) is 4.31 Å². The molecular formula is C20H35NO7S. The quantitative estimate of drug-likeness (QED) is 0.297. The van der Waals surface area contributed by atoms with E-state index in [1.807, 2.05) is 0 Å². The van der Waals surface area contributed by atoms with E-state index in [9.17, 15) is 18.3 Å². The number of carbonyl (C=O) groups excluding carboxylic acids is 1. The second-order valence-corrected chi connectivity index (χ2v) is 9.00. The van der Waals surface area contributed by atoms with Crippen molar-refractivity contribution in [2.24, 2.45) is 0 Å². The lowest BCUT2D eigenvalue weighted by molar-refractivity contribution is -0.143. The minimum absolute atomic E-state index is 0.181. The molecule has 9 heteroatoms. The van der Waals surface area contributed by atoms with E-state index >= 15 is 0 Å². The number of aliphatic hydroxyl groups is 1. The van der Waals surface area contributed by atoms with Crippen LogP contribution in [0.4, 0.5) is 0 Å². The van der Waals surface area contributed by atoms with E-state index < -0.39 is 16.1 Å². The molecule has 1 aromatic rings. The molecule has 0 fully saturated rings. The van der Waals surface area contributed by atoms with Crippen LogP contribution in [-0.4, -0.2) is 62.5 Å². The number of hydrogen-bond acceptors (Lipinski definition) is 7. The summed E-state index contributed by atoms with van der Waals surface area (Å²) in [5.74, 6) is 0.514. The van der Waals surface area contributed by atoms with Crippen molar-refractivity contribution in [1.29, 1.82) is 0 Å². The van der Waals surface area contributed by atoms with E-state index in [1.165, 1.54) is 10.6 Å². The lowest BCUT2D eigenvalue weighted by atomic mass is 10.1. The molecule has 1 atom stereocenters. The summed E-state index contributed by atoms with van der Waals surface area (Å²) >= 11 is 0. The highest BCUT2D eigenvalue weighted by atomic mass is 32.2. The summed E-state index contributed by atoms with van der Waals surface area (Å²) in [6, 6.07) is 3.57. The molecule has 0 saturated heterocycles. The highest BCUT2D eigenvalue weighted by molar-refractivity contribution is 7.88. The van der Waals surface area contributed by atoms with Crippen LogP contribution in [0.3, 0.4) is 0 Å². The molecule has 1 N–H and O–H groups in total. The van der Waals surface area contributed by atoms with Gasteiger partial charge in [0, 0.05) is 19.5 Å². The Labute approximate surface area is 174 Å². The summed E-state index contributed by atoms with van der Waals surface area (Å²) in [6.07, 6.45) is 6.76. The van der Waals surface area contributed by atoms with Crippen LogP contribution in [0.25, 0.3) is 0 Å². The monoisotopic (exact) mass is 433 g/mol. The fourth-order valence-corrected chi connectivity index (χ4v) is 3.79. The maximum Gasteiger partial charge on any atom is 0.305 e. The Balaban J connectivity index is 2.16. The first-order chi connectivity index (χ1) is 13.8. The smallest absolute Gasteiger partial charge is 0.305 e. The topological polar surface area (TPSA) is 106 Å². The van der Waals surface area contributed by atoms with Crippen molar-refractivity contribution in [2.45, 2.75) is 64.6 Å². The zero-order chi connectivity index (χ0) is 21.5. The molecule has 8 nitrogen and oxygen atoms in total. The predicted molar refractivity (Wildman–Crippen MR) is 110 cm³/mol. The normalized spacial score (nSPS) is 13.0. The van der Waals surface area contributed by atoms with Crippen LogP contribution in [0.15, 0.2) is 22.8 Å². The second kappa shape index (κ2) is 14.5. The standard InChI is InChI=1S/C20H35NO7S/c1-3-27-20(23)12-6-4-5-7-13-21(29(2,24)25)14-8-10-18(22)16-26-17-19-11-9-15-28-19/h9,11,15,18,22H,3-8,10,12-14,16-17H2,1-2H3. The molecule has 1 rings (SSSR count). The summed E-state index contributed by atoms with van der Waals surface area (Å²) < 4.78 is 40.8. The van der Waals surface area contributed by atoms with Gasteiger partial charge in [0.25, 0.3) is 0 Å². The van der Waals surface area contributed by atoms with Gasteiger partial charge < -0.3 is 19.0 Å². The Morgan fingerprint density at radius 3 is 2.59 bits per heavy atom. The second-order valence-electron chi connectivity index (χ2n) is 7.02. The average Bonchev–Trinajstić information content (AvgIpc) is 3.15. The molecule has 168 valence electrons. The fraction of sp³-hybridized carbons (Fsp3) is 0.750. The van der Waals surface area contributed by atoms with Gasteiger partial charge in [0.1, 0.15) is 12.4 Å². The molecule has 0 aliphatic heterocycles. The number of carbonyl (C=O) groups is 1. The maximum absolute atomic E-state index is 12.0. The molecule has 0 aromatic carbocycles. The van der Waals surface area contributed by atoms with E-state index in [2.05, 4.69) is 0 Å². The SMILES string of the molecule is CCOC(=O)CCCCCCN(CCCC(O)COCc1ccco1)S(C)(=O)=O. The lowest BCUT2D eigenvalue weighted by Gasteiger charge is -2.20. The molecule has 0 saturated carbocycles. The van der Waals surface area contributed by atoms with Crippen LogP contribution >= 0.6 is 0 Å². The molecule has 0 aliphatic carbocycles. The fourth-order valence-electron chi connectivity index (χ4n) is 2.86. The number of hydrogen-bond donors (Lipinski definition) is 1. The van der Waals surface area contributed by atoms with E-state index in [4.69, 9.17) is 13.9 Å². The van der Waals surface area contributed by atoms with E-state index in [0.29, 0.717) is 51.3 Å². The van der Waals surface area contributed by atoms with Crippen LogP contribution in [-0.2, 0) is 30.9 Å². The van der Waals surface area contributed by atoms with Crippen LogP contribution in [0.5, 0.6) is 0 Å². The first kappa shape index (κ1) is 25.6. The van der Waals surface area contributed by atoms with Crippen LogP contribution in [0.2, 0.25) is 0 Å². The van der Waals surface area contributed by atoms with E-state index in [1.54, 1.807) is 25.3 Å². The van der Waals surface area contributed by atoms with E-state index in [0.717, 1.165) is 25.7 Å². The van der Waals surface area contributed by atoms with Gasteiger partial charge in [0.15, 0.2) is 0 Å². The predicted octanol–water partition coefficient (Wildman–Crippen LogP) is 2.71. The number of rotatable bonds is 17. The minimum atomic E-state index is -3.29. The summed E-state index contributed by atoms with van der Waals surface area (Å²) in [5.41, 5.74) is 0. The van der Waals surface area contributed by atoms with Crippen LogP contribution < -0.4 is 0 Å². The number of furan rings is 1. The molecule has 0 bridgehead atoms. The Bertz CT molecular complexity index is 646. The number of sulfonamides is 1. The Hall–Kier alpha value is -1.42. The molecule has 0 aliphatic rings. The van der Waals surface area contributed by atoms with Crippen molar-refractivity contribution >= 4 is 16.0 Å². The molecule has 0 spiro atoms. The maximum atomic E-state index is 12.0. The third-order valence-corrected chi connectivity index (χ3v) is 5.70. The van der Waals surface area contributed by atoms with Gasteiger partial charge in [-0.1, -0.05) is 12.8 Å². The molecule has 1 heterocycles. The highest BCUT2D eigenvalue weighted by Crippen LogP contribution is 2.10. The largest absolute Gasteiger partial charge is 0.467 e. The van der Waals surface area contributed by atoms with Gasteiger partial charge in [0.05, 0.1) is 31.8 Å². The van der Waals surface area contributed by atoms with Gasteiger partial charge in [0.2, 0.25) is 10.0 Å². The molecular weight excluding hydrogens is 398 g/mol. The Morgan fingerprint density at radius 1 is 1.21 bits per heavy atom. The third kappa shape index (κ3) is 12.7. The molecule has 29 heavy (non-hydrogen) atoms. The number of esters is 1. The lowest BCUT2D eigenvalue weighted by Crippen LogP contribution is -2.32. The Morgan fingerprint density at radius 2 is 1.93 bits per heavy atom. The summed E-state index contributed by atoms with van der Waals surface area (Å²) in [7, 11) is -3.29. The summed E-state index contributed by atoms with van der Waals surface area (Å²) in [5, 5.41) is 9.99. The number of aliphatic hydroxyl groups excluding tert-OH is 1. The molecule has 1 aromatic heterocycles. The zero-order valence-electron chi connectivity index (χ0n) is 17.5. The van der Waals surface area contributed by atoms with E-state index in [-0.39, 0.29) is 12.6 Å². The van der Waals surface area contributed by atoms with Crippen molar-refractivity contribution in [2.75, 3.05) is 32.6 Å².